The summed E-state index contributed by atoms with van der Waals surface area (Å²) in [5, 5.41) is 2.95. The highest BCUT2D eigenvalue weighted by Crippen LogP contribution is 2.19. The number of anilines is 1. The van der Waals surface area contributed by atoms with E-state index >= 15 is 0 Å². The molecule has 0 fully saturated rings. The average molecular weight is 323 g/mol. The normalized spacial score (nSPS) is 10.8. The van der Waals surface area contributed by atoms with Gasteiger partial charge in [-0.3, -0.25) is 9.20 Å². The number of fused-ring (bicyclic) bond motifs is 1. The molecule has 124 valence electrons. The molecule has 2 heterocycles. The minimum atomic E-state index is -0.153. The minimum Gasteiger partial charge on any atom is -0.497 e. The lowest BCUT2D eigenvalue weighted by Gasteiger charge is -2.08. The van der Waals surface area contributed by atoms with E-state index in [2.05, 4.69) is 17.2 Å². The number of aromatic nitrogens is 2. The van der Waals surface area contributed by atoms with Crippen LogP contribution in [0, 0.1) is 6.92 Å². The Morgan fingerprint density at radius 2 is 2.00 bits per heavy atom. The number of amides is 1. The second-order valence-corrected chi connectivity index (χ2v) is 5.77. The first kappa shape index (κ1) is 16.1. The number of pyridine rings is 1. The fraction of sp³-hybridized carbons (Fsp3) is 0.263. The summed E-state index contributed by atoms with van der Waals surface area (Å²) in [5.41, 5.74) is 4.08. The Kier molecular flexibility index (Phi) is 4.51. The number of aryl methyl sites for hydroxylation is 2. The first-order chi connectivity index (χ1) is 11.6. The van der Waals surface area contributed by atoms with E-state index in [-0.39, 0.29) is 5.91 Å². The third-order valence-corrected chi connectivity index (χ3v) is 3.90. The van der Waals surface area contributed by atoms with Crippen molar-refractivity contribution < 1.29 is 9.53 Å². The molecule has 0 radical (unpaired) electrons. The lowest BCUT2D eigenvalue weighted by molar-refractivity contribution is 0.102. The SMILES string of the molecule is CCCc1nc2cc(C)ccn2c1C(=O)Nc1ccc(OC)cc1. The van der Waals surface area contributed by atoms with Gasteiger partial charge in [-0.05, 0) is 55.3 Å². The van der Waals surface area contributed by atoms with E-state index in [0.29, 0.717) is 5.69 Å². The molecule has 0 aliphatic rings. The largest absolute Gasteiger partial charge is 0.497 e. The number of rotatable bonds is 5. The summed E-state index contributed by atoms with van der Waals surface area (Å²) >= 11 is 0. The molecule has 0 aliphatic carbocycles. The molecule has 0 bridgehead atoms. The van der Waals surface area contributed by atoms with E-state index in [1.807, 2.05) is 53.9 Å². The monoisotopic (exact) mass is 323 g/mol. The molecule has 1 aromatic carbocycles. The number of methoxy groups -OCH3 is 1. The molecule has 3 rings (SSSR count). The van der Waals surface area contributed by atoms with Crippen molar-refractivity contribution in [3.8, 4) is 5.75 Å². The summed E-state index contributed by atoms with van der Waals surface area (Å²) in [5.74, 6) is 0.602. The van der Waals surface area contributed by atoms with Gasteiger partial charge in [0.1, 0.15) is 17.1 Å². The van der Waals surface area contributed by atoms with E-state index in [1.165, 1.54) is 0 Å². The topological polar surface area (TPSA) is 55.6 Å². The van der Waals surface area contributed by atoms with Gasteiger partial charge in [0, 0.05) is 11.9 Å². The van der Waals surface area contributed by atoms with Gasteiger partial charge >= 0.3 is 0 Å². The van der Waals surface area contributed by atoms with E-state index < -0.39 is 0 Å². The van der Waals surface area contributed by atoms with E-state index in [1.54, 1.807) is 7.11 Å². The van der Waals surface area contributed by atoms with Gasteiger partial charge in [0.05, 0.1) is 12.8 Å². The lowest BCUT2D eigenvalue weighted by atomic mass is 10.2. The Morgan fingerprint density at radius 1 is 1.25 bits per heavy atom. The van der Waals surface area contributed by atoms with Gasteiger partial charge in [-0.15, -0.1) is 0 Å². The molecule has 0 saturated heterocycles. The van der Waals surface area contributed by atoms with Crippen LogP contribution >= 0.6 is 0 Å². The van der Waals surface area contributed by atoms with Crippen molar-refractivity contribution in [2.75, 3.05) is 12.4 Å². The average Bonchev–Trinajstić information content (AvgIpc) is 2.93. The number of nitrogens with one attached hydrogen (secondary N) is 1. The predicted octanol–water partition coefficient (Wildman–Crippen LogP) is 3.86. The maximum absolute atomic E-state index is 12.8. The van der Waals surface area contributed by atoms with Crippen LogP contribution in [0.5, 0.6) is 5.75 Å². The van der Waals surface area contributed by atoms with Gasteiger partial charge in [-0.25, -0.2) is 4.98 Å². The Hall–Kier alpha value is -2.82. The molecule has 5 nitrogen and oxygen atoms in total. The molecule has 5 heteroatoms. The Balaban J connectivity index is 1.96. The van der Waals surface area contributed by atoms with Crippen molar-refractivity contribution in [2.45, 2.75) is 26.7 Å². The van der Waals surface area contributed by atoms with Gasteiger partial charge in [0.2, 0.25) is 0 Å². The van der Waals surface area contributed by atoms with Crippen molar-refractivity contribution in [3.05, 3.63) is 59.5 Å². The van der Waals surface area contributed by atoms with Gasteiger partial charge in [-0.2, -0.15) is 0 Å². The Labute approximate surface area is 141 Å². The molecule has 0 atom stereocenters. The maximum Gasteiger partial charge on any atom is 0.274 e. The number of carbonyl (C=O) groups excluding carboxylic acids is 1. The smallest absolute Gasteiger partial charge is 0.274 e. The van der Waals surface area contributed by atoms with E-state index in [0.717, 1.165) is 41.2 Å². The quantitative estimate of drug-likeness (QED) is 0.776. The summed E-state index contributed by atoms with van der Waals surface area (Å²) < 4.78 is 7.00. The zero-order valence-electron chi connectivity index (χ0n) is 14.2. The van der Waals surface area contributed by atoms with Gasteiger partial charge in [-0.1, -0.05) is 13.3 Å². The lowest BCUT2D eigenvalue weighted by Crippen LogP contribution is -2.16. The molecule has 0 saturated carbocycles. The van der Waals surface area contributed by atoms with Crippen LogP contribution in [-0.4, -0.2) is 22.4 Å². The molecule has 1 N–H and O–H groups in total. The molecule has 0 unspecified atom stereocenters. The standard InChI is InChI=1S/C19H21N3O2/c1-4-5-16-18(22-11-10-13(2)12-17(22)21-16)19(23)20-14-6-8-15(24-3)9-7-14/h6-12H,4-5H2,1-3H3,(H,20,23). The van der Waals surface area contributed by atoms with Crippen molar-refractivity contribution in [1.82, 2.24) is 9.38 Å². The van der Waals surface area contributed by atoms with Crippen LogP contribution in [-0.2, 0) is 6.42 Å². The van der Waals surface area contributed by atoms with E-state index in [4.69, 9.17) is 4.74 Å². The first-order valence-corrected chi connectivity index (χ1v) is 8.05. The maximum atomic E-state index is 12.8. The fourth-order valence-electron chi connectivity index (χ4n) is 2.71. The number of hydrogen-bond acceptors (Lipinski definition) is 3. The fourth-order valence-corrected chi connectivity index (χ4v) is 2.71. The number of imidazole rings is 1. The predicted molar refractivity (Wildman–Crippen MR) is 94.9 cm³/mol. The third kappa shape index (κ3) is 3.11. The first-order valence-electron chi connectivity index (χ1n) is 8.05. The van der Waals surface area contributed by atoms with Crippen molar-refractivity contribution >= 4 is 17.2 Å². The highest BCUT2D eigenvalue weighted by Gasteiger charge is 2.19. The number of nitrogens with zero attached hydrogens (tertiary/aromatic N) is 2. The van der Waals surface area contributed by atoms with E-state index in [9.17, 15) is 4.79 Å². The summed E-state index contributed by atoms with van der Waals surface area (Å²) in [6.45, 7) is 4.10. The molecular formula is C19H21N3O2. The van der Waals surface area contributed by atoms with Gasteiger partial charge < -0.3 is 10.1 Å². The minimum absolute atomic E-state index is 0.153. The Bertz CT molecular complexity index is 866. The van der Waals surface area contributed by atoms with Crippen LogP contribution in [0.15, 0.2) is 42.6 Å². The highest BCUT2D eigenvalue weighted by atomic mass is 16.5. The Morgan fingerprint density at radius 3 is 2.67 bits per heavy atom. The molecule has 1 amide bonds. The number of benzene rings is 1. The van der Waals surface area contributed by atoms with Crippen molar-refractivity contribution in [3.63, 3.8) is 0 Å². The number of ether oxygens (including phenoxy) is 1. The van der Waals surface area contributed by atoms with Crippen LogP contribution in [0.1, 0.15) is 35.1 Å². The summed E-state index contributed by atoms with van der Waals surface area (Å²) in [6.07, 6.45) is 3.61. The molecule has 24 heavy (non-hydrogen) atoms. The van der Waals surface area contributed by atoms with Gasteiger partial charge in [0.25, 0.3) is 5.91 Å². The second-order valence-electron chi connectivity index (χ2n) is 5.77. The molecule has 0 aliphatic heterocycles. The second kappa shape index (κ2) is 6.74. The van der Waals surface area contributed by atoms with Crippen LogP contribution in [0.4, 0.5) is 5.69 Å². The molecule has 3 aromatic rings. The van der Waals surface area contributed by atoms with Crippen LogP contribution < -0.4 is 10.1 Å². The number of hydrogen-bond donors (Lipinski definition) is 1. The zero-order valence-corrected chi connectivity index (χ0v) is 14.2. The number of carbonyl (C=O) groups is 1. The third-order valence-electron chi connectivity index (χ3n) is 3.90. The summed E-state index contributed by atoms with van der Waals surface area (Å²) in [7, 11) is 1.62. The molecular weight excluding hydrogens is 302 g/mol. The van der Waals surface area contributed by atoms with Gasteiger partial charge in [0.15, 0.2) is 0 Å². The summed E-state index contributed by atoms with van der Waals surface area (Å²) in [6, 6.07) is 11.3. The highest BCUT2D eigenvalue weighted by molar-refractivity contribution is 6.04. The molecule has 2 aromatic heterocycles. The van der Waals surface area contributed by atoms with Crippen LogP contribution in [0.25, 0.3) is 5.65 Å². The summed E-state index contributed by atoms with van der Waals surface area (Å²) in [4.78, 5) is 17.5. The van der Waals surface area contributed by atoms with Crippen LogP contribution in [0.3, 0.4) is 0 Å². The zero-order chi connectivity index (χ0) is 17.1. The van der Waals surface area contributed by atoms with Crippen molar-refractivity contribution in [1.29, 1.82) is 0 Å². The van der Waals surface area contributed by atoms with Crippen molar-refractivity contribution in [2.24, 2.45) is 0 Å². The van der Waals surface area contributed by atoms with Crippen LogP contribution in [0.2, 0.25) is 0 Å². The molecule has 0 spiro atoms.